The standard InChI is InChI=1S/C19H23N5O2/c1-12-17(13(2)26-24-12)11-22-19(25)15-3-5-16(6-4-15)23-18-9-14(10-20)7-8-21-18/h7-9,15-16H,3-6,11H2,1-2H3,(H,21,23)(H,22,25). The molecule has 0 atom stereocenters. The van der Waals surface area contributed by atoms with Crippen molar-refractivity contribution in [1.29, 1.82) is 5.26 Å². The van der Waals surface area contributed by atoms with Gasteiger partial charge in [0.1, 0.15) is 11.6 Å². The molecule has 0 unspecified atom stereocenters. The van der Waals surface area contributed by atoms with Gasteiger partial charge in [0.2, 0.25) is 5.91 Å². The number of anilines is 1. The maximum absolute atomic E-state index is 12.4. The fourth-order valence-electron chi connectivity index (χ4n) is 3.36. The van der Waals surface area contributed by atoms with Crippen LogP contribution in [0.2, 0.25) is 0 Å². The van der Waals surface area contributed by atoms with Crippen molar-refractivity contribution in [1.82, 2.24) is 15.5 Å². The SMILES string of the molecule is Cc1noc(C)c1CNC(=O)C1CCC(Nc2cc(C#N)ccn2)CC1. The molecule has 0 bridgehead atoms. The Morgan fingerprint density at radius 3 is 2.77 bits per heavy atom. The van der Waals surface area contributed by atoms with Crippen LogP contribution in [0, 0.1) is 31.1 Å². The molecule has 3 rings (SSSR count). The van der Waals surface area contributed by atoms with Crippen molar-refractivity contribution in [2.24, 2.45) is 5.92 Å². The summed E-state index contributed by atoms with van der Waals surface area (Å²) in [6.07, 6.45) is 5.12. The molecule has 7 heteroatoms. The zero-order valence-corrected chi connectivity index (χ0v) is 15.1. The number of carbonyl (C=O) groups excluding carboxylic acids is 1. The summed E-state index contributed by atoms with van der Waals surface area (Å²) in [5, 5.41) is 19.2. The molecule has 1 aliphatic rings. The molecule has 2 N–H and O–H groups in total. The monoisotopic (exact) mass is 353 g/mol. The second-order valence-electron chi connectivity index (χ2n) is 6.75. The van der Waals surface area contributed by atoms with Crippen LogP contribution in [0.15, 0.2) is 22.9 Å². The lowest BCUT2D eigenvalue weighted by Crippen LogP contribution is -2.35. The fourth-order valence-corrected chi connectivity index (χ4v) is 3.36. The second-order valence-corrected chi connectivity index (χ2v) is 6.75. The number of rotatable bonds is 5. The summed E-state index contributed by atoms with van der Waals surface area (Å²) in [4.78, 5) is 16.7. The van der Waals surface area contributed by atoms with Crippen molar-refractivity contribution in [3.63, 3.8) is 0 Å². The van der Waals surface area contributed by atoms with Gasteiger partial charge in [0.15, 0.2) is 0 Å². The van der Waals surface area contributed by atoms with Crippen molar-refractivity contribution >= 4 is 11.7 Å². The van der Waals surface area contributed by atoms with E-state index in [-0.39, 0.29) is 17.9 Å². The van der Waals surface area contributed by atoms with E-state index in [1.54, 1.807) is 18.3 Å². The van der Waals surface area contributed by atoms with E-state index in [2.05, 4.69) is 26.8 Å². The van der Waals surface area contributed by atoms with E-state index in [0.717, 1.165) is 48.5 Å². The Morgan fingerprint density at radius 2 is 2.12 bits per heavy atom. The van der Waals surface area contributed by atoms with Crippen molar-refractivity contribution in [2.75, 3.05) is 5.32 Å². The predicted octanol–water partition coefficient (Wildman–Crippen LogP) is 2.85. The van der Waals surface area contributed by atoms with Gasteiger partial charge in [0.25, 0.3) is 0 Å². The second kappa shape index (κ2) is 8.00. The molecular weight excluding hydrogens is 330 g/mol. The van der Waals surface area contributed by atoms with Gasteiger partial charge in [-0.2, -0.15) is 5.26 Å². The van der Waals surface area contributed by atoms with Crippen LogP contribution in [0.5, 0.6) is 0 Å². The highest BCUT2D eigenvalue weighted by atomic mass is 16.5. The summed E-state index contributed by atoms with van der Waals surface area (Å²) in [7, 11) is 0. The van der Waals surface area contributed by atoms with E-state index in [9.17, 15) is 4.79 Å². The van der Waals surface area contributed by atoms with E-state index in [1.807, 2.05) is 13.8 Å². The number of nitrogens with zero attached hydrogens (tertiary/aromatic N) is 3. The molecule has 26 heavy (non-hydrogen) atoms. The Hall–Kier alpha value is -2.88. The minimum Gasteiger partial charge on any atom is -0.367 e. The smallest absolute Gasteiger partial charge is 0.223 e. The van der Waals surface area contributed by atoms with Crippen molar-refractivity contribution in [3.8, 4) is 6.07 Å². The highest BCUT2D eigenvalue weighted by Gasteiger charge is 2.26. The quantitative estimate of drug-likeness (QED) is 0.856. The molecule has 0 spiro atoms. The predicted molar refractivity (Wildman–Crippen MR) is 96.1 cm³/mol. The summed E-state index contributed by atoms with van der Waals surface area (Å²) in [6.45, 7) is 4.20. The molecule has 1 amide bonds. The highest BCUT2D eigenvalue weighted by molar-refractivity contribution is 5.78. The number of aromatic nitrogens is 2. The molecule has 1 aliphatic carbocycles. The molecule has 2 aromatic rings. The molecule has 1 saturated carbocycles. The fraction of sp³-hybridized carbons (Fsp3) is 0.474. The van der Waals surface area contributed by atoms with Gasteiger partial charge in [-0.1, -0.05) is 5.16 Å². The normalized spacial score (nSPS) is 19.6. The van der Waals surface area contributed by atoms with Crippen LogP contribution < -0.4 is 10.6 Å². The minimum atomic E-state index is 0.0342. The molecular formula is C19H23N5O2. The number of hydrogen-bond acceptors (Lipinski definition) is 6. The summed E-state index contributed by atoms with van der Waals surface area (Å²) >= 11 is 0. The van der Waals surface area contributed by atoms with Gasteiger partial charge in [0.05, 0.1) is 17.3 Å². The van der Waals surface area contributed by atoms with Crippen LogP contribution in [-0.2, 0) is 11.3 Å². The van der Waals surface area contributed by atoms with Gasteiger partial charge in [-0.05, 0) is 51.7 Å². The largest absolute Gasteiger partial charge is 0.367 e. The molecule has 2 aromatic heterocycles. The summed E-state index contributed by atoms with van der Waals surface area (Å²) in [5.41, 5.74) is 2.37. The summed E-state index contributed by atoms with van der Waals surface area (Å²) in [6, 6.07) is 5.83. The Labute approximate surface area is 152 Å². The highest BCUT2D eigenvalue weighted by Crippen LogP contribution is 2.26. The van der Waals surface area contributed by atoms with E-state index < -0.39 is 0 Å². The average Bonchev–Trinajstić information content (AvgIpc) is 2.98. The van der Waals surface area contributed by atoms with Gasteiger partial charge in [0, 0.05) is 30.3 Å². The molecule has 2 heterocycles. The van der Waals surface area contributed by atoms with Gasteiger partial charge in [-0.15, -0.1) is 0 Å². The van der Waals surface area contributed by atoms with Crippen LogP contribution in [-0.4, -0.2) is 22.1 Å². The van der Waals surface area contributed by atoms with Crippen molar-refractivity contribution in [2.45, 2.75) is 52.1 Å². The third kappa shape index (κ3) is 4.20. The zero-order chi connectivity index (χ0) is 18.5. The van der Waals surface area contributed by atoms with Crippen molar-refractivity contribution in [3.05, 3.63) is 40.9 Å². The first-order valence-electron chi connectivity index (χ1n) is 8.89. The molecule has 0 radical (unpaired) electrons. The maximum Gasteiger partial charge on any atom is 0.223 e. The van der Waals surface area contributed by atoms with Crippen molar-refractivity contribution < 1.29 is 9.32 Å². The minimum absolute atomic E-state index is 0.0342. The number of pyridine rings is 1. The first-order chi connectivity index (χ1) is 12.6. The van der Waals surface area contributed by atoms with E-state index in [4.69, 9.17) is 9.78 Å². The summed E-state index contributed by atoms with van der Waals surface area (Å²) < 4.78 is 5.12. The molecule has 136 valence electrons. The van der Waals surface area contributed by atoms with E-state index in [0.29, 0.717) is 12.1 Å². The van der Waals surface area contributed by atoms with Gasteiger partial charge in [-0.25, -0.2) is 4.98 Å². The lowest BCUT2D eigenvalue weighted by Gasteiger charge is -2.28. The lowest BCUT2D eigenvalue weighted by molar-refractivity contribution is -0.126. The van der Waals surface area contributed by atoms with E-state index >= 15 is 0 Å². The molecule has 7 nitrogen and oxygen atoms in total. The molecule has 0 aliphatic heterocycles. The van der Waals surface area contributed by atoms with Crippen LogP contribution in [0.1, 0.15) is 48.3 Å². The lowest BCUT2D eigenvalue weighted by atomic mass is 9.85. The number of carbonyl (C=O) groups is 1. The Balaban J connectivity index is 1.47. The molecule has 0 aromatic carbocycles. The van der Waals surface area contributed by atoms with Crippen LogP contribution in [0.25, 0.3) is 0 Å². The first kappa shape index (κ1) is 17.9. The number of nitrogens with one attached hydrogen (secondary N) is 2. The van der Waals surface area contributed by atoms with E-state index in [1.165, 1.54) is 0 Å². The first-order valence-corrected chi connectivity index (χ1v) is 8.89. The summed E-state index contributed by atoms with van der Waals surface area (Å²) in [5.74, 6) is 1.60. The maximum atomic E-state index is 12.4. The number of amides is 1. The van der Waals surface area contributed by atoms with Crippen LogP contribution in [0.3, 0.4) is 0 Å². The molecule has 1 fully saturated rings. The van der Waals surface area contributed by atoms with Gasteiger partial charge in [-0.3, -0.25) is 4.79 Å². The Bertz CT molecular complexity index is 796. The Kier molecular flexibility index (Phi) is 5.52. The number of hydrogen-bond donors (Lipinski definition) is 2. The third-order valence-corrected chi connectivity index (χ3v) is 4.96. The van der Waals surface area contributed by atoms with Gasteiger partial charge < -0.3 is 15.2 Å². The molecule has 0 saturated heterocycles. The number of nitriles is 1. The van der Waals surface area contributed by atoms with Gasteiger partial charge >= 0.3 is 0 Å². The van der Waals surface area contributed by atoms with Crippen LogP contribution >= 0.6 is 0 Å². The zero-order valence-electron chi connectivity index (χ0n) is 15.1. The Morgan fingerprint density at radius 1 is 1.35 bits per heavy atom. The topological polar surface area (TPSA) is 104 Å². The number of aryl methyl sites for hydroxylation is 2. The van der Waals surface area contributed by atoms with Crippen LogP contribution in [0.4, 0.5) is 5.82 Å². The third-order valence-electron chi connectivity index (χ3n) is 4.96. The average molecular weight is 353 g/mol.